The predicted octanol–water partition coefficient (Wildman–Crippen LogP) is 4.74. The van der Waals surface area contributed by atoms with Crippen molar-refractivity contribution in [3.63, 3.8) is 0 Å². The van der Waals surface area contributed by atoms with E-state index in [2.05, 4.69) is 33.0 Å². The molecule has 0 unspecified atom stereocenters. The highest BCUT2D eigenvalue weighted by atomic mass is 16.5. The molecule has 0 amide bonds. The van der Waals surface area contributed by atoms with Crippen molar-refractivity contribution in [1.29, 1.82) is 5.26 Å². The summed E-state index contributed by atoms with van der Waals surface area (Å²) in [5, 5.41) is 8.96. The van der Waals surface area contributed by atoms with Crippen LogP contribution in [0.5, 0.6) is 11.5 Å². The summed E-state index contributed by atoms with van der Waals surface area (Å²) in [5.74, 6) is 1.64. The van der Waals surface area contributed by atoms with E-state index in [0.717, 1.165) is 55.5 Å². The van der Waals surface area contributed by atoms with Crippen LogP contribution in [0.2, 0.25) is 0 Å². The average molecular weight is 394 g/mol. The van der Waals surface area contributed by atoms with Crippen molar-refractivity contribution in [1.82, 2.24) is 4.90 Å². The predicted molar refractivity (Wildman–Crippen MR) is 119 cm³/mol. The highest BCUT2D eigenvalue weighted by molar-refractivity contribution is 5.94. The van der Waals surface area contributed by atoms with E-state index in [1.54, 1.807) is 0 Å². The van der Waals surface area contributed by atoms with Crippen molar-refractivity contribution in [3.8, 4) is 17.6 Å². The number of fused-ring (bicyclic) bond motifs is 2. The molecule has 0 spiro atoms. The largest absolute Gasteiger partial charge is 0.454 e. The molecule has 0 bridgehead atoms. The van der Waals surface area contributed by atoms with Crippen molar-refractivity contribution in [3.05, 3.63) is 83.4 Å². The Kier molecular flexibility index (Phi) is 4.92. The van der Waals surface area contributed by atoms with E-state index >= 15 is 0 Å². The van der Waals surface area contributed by atoms with E-state index in [4.69, 9.17) is 10.00 Å². The minimum Gasteiger partial charge on any atom is -0.454 e. The third-order valence-electron chi connectivity index (χ3n) is 5.66. The van der Waals surface area contributed by atoms with Crippen LogP contribution >= 0.6 is 0 Å². The van der Waals surface area contributed by atoms with Gasteiger partial charge in [0.15, 0.2) is 5.75 Å². The number of hydrogen-bond acceptors (Lipinski definition) is 5. The zero-order chi connectivity index (χ0) is 20.3. The second-order valence-corrected chi connectivity index (χ2v) is 7.59. The van der Waals surface area contributed by atoms with Crippen molar-refractivity contribution < 1.29 is 4.74 Å². The van der Waals surface area contributed by atoms with Gasteiger partial charge in [-0.1, -0.05) is 30.3 Å². The summed E-state index contributed by atoms with van der Waals surface area (Å²) < 4.78 is 6.17. The second-order valence-electron chi connectivity index (χ2n) is 7.59. The van der Waals surface area contributed by atoms with Crippen molar-refractivity contribution >= 4 is 17.6 Å². The van der Waals surface area contributed by atoms with E-state index in [1.165, 1.54) is 11.3 Å². The monoisotopic (exact) mass is 394 g/mol. The number of aliphatic imine (C=N–C) groups is 1. The van der Waals surface area contributed by atoms with Gasteiger partial charge in [-0.25, -0.2) is 0 Å². The van der Waals surface area contributed by atoms with Crippen LogP contribution in [-0.2, 0) is 6.54 Å². The smallest absolute Gasteiger partial charge is 0.153 e. The van der Waals surface area contributed by atoms with Crippen LogP contribution in [0.1, 0.15) is 16.7 Å². The SMILES string of the molecule is N#Cc1ccc(CN2CCN(c3cccc4c3C=Nc3ccccc3O4)CC2)cc1. The van der Waals surface area contributed by atoms with Gasteiger partial charge in [-0.3, -0.25) is 9.89 Å². The molecular formula is C25H22N4O. The van der Waals surface area contributed by atoms with Gasteiger partial charge in [-0.2, -0.15) is 5.26 Å². The van der Waals surface area contributed by atoms with Gasteiger partial charge in [-0.05, 0) is 42.0 Å². The number of nitriles is 1. The van der Waals surface area contributed by atoms with Gasteiger partial charge in [0.1, 0.15) is 11.4 Å². The van der Waals surface area contributed by atoms with Crippen LogP contribution in [0.4, 0.5) is 11.4 Å². The lowest BCUT2D eigenvalue weighted by atomic mass is 10.1. The van der Waals surface area contributed by atoms with Gasteiger partial charge in [0.25, 0.3) is 0 Å². The zero-order valence-electron chi connectivity index (χ0n) is 16.7. The van der Waals surface area contributed by atoms with Crippen LogP contribution in [0.15, 0.2) is 71.7 Å². The van der Waals surface area contributed by atoms with Crippen LogP contribution in [0.3, 0.4) is 0 Å². The first kappa shape index (κ1) is 18.4. The first-order valence-corrected chi connectivity index (χ1v) is 10.2. The zero-order valence-corrected chi connectivity index (χ0v) is 16.7. The Balaban J connectivity index is 1.30. The van der Waals surface area contributed by atoms with Gasteiger partial charge in [0, 0.05) is 44.6 Å². The molecule has 0 atom stereocenters. The first-order valence-electron chi connectivity index (χ1n) is 10.2. The highest BCUT2D eigenvalue weighted by Gasteiger charge is 2.22. The number of hydrogen-bond donors (Lipinski definition) is 0. The number of piperazine rings is 1. The quantitative estimate of drug-likeness (QED) is 0.504. The molecule has 2 aliphatic rings. The lowest BCUT2D eigenvalue weighted by Gasteiger charge is -2.37. The maximum atomic E-state index is 8.96. The summed E-state index contributed by atoms with van der Waals surface area (Å²) >= 11 is 0. The van der Waals surface area contributed by atoms with Crippen LogP contribution in [0.25, 0.3) is 0 Å². The van der Waals surface area contributed by atoms with E-state index in [1.807, 2.05) is 60.8 Å². The number of anilines is 1. The molecule has 5 nitrogen and oxygen atoms in total. The van der Waals surface area contributed by atoms with Gasteiger partial charge in [0.2, 0.25) is 0 Å². The first-order chi connectivity index (χ1) is 14.8. The van der Waals surface area contributed by atoms with Crippen LogP contribution in [-0.4, -0.2) is 37.3 Å². The third kappa shape index (κ3) is 3.66. The fraction of sp³-hybridized carbons (Fsp3) is 0.200. The van der Waals surface area contributed by atoms with Crippen molar-refractivity contribution in [2.45, 2.75) is 6.54 Å². The summed E-state index contributed by atoms with van der Waals surface area (Å²) in [6, 6.07) is 24.1. The average Bonchev–Trinajstić information content (AvgIpc) is 2.99. The van der Waals surface area contributed by atoms with Gasteiger partial charge < -0.3 is 9.64 Å². The molecule has 0 N–H and O–H groups in total. The number of ether oxygens (including phenoxy) is 1. The van der Waals surface area contributed by atoms with E-state index in [0.29, 0.717) is 5.56 Å². The maximum absolute atomic E-state index is 8.96. The van der Waals surface area contributed by atoms with Gasteiger partial charge >= 0.3 is 0 Å². The standard InChI is InChI=1S/C25H22N4O/c26-16-19-8-10-20(11-9-19)18-28-12-14-29(15-13-28)23-5-3-7-24-21(23)17-27-22-4-1-2-6-25(22)30-24/h1-11,17H,12-15,18H2. The lowest BCUT2D eigenvalue weighted by Crippen LogP contribution is -2.46. The number of rotatable bonds is 3. The molecular weight excluding hydrogens is 372 g/mol. The summed E-state index contributed by atoms with van der Waals surface area (Å²) in [6.07, 6.45) is 1.93. The van der Waals surface area contributed by atoms with E-state index in [9.17, 15) is 0 Å². The Hall–Kier alpha value is -3.62. The molecule has 3 aromatic rings. The molecule has 2 aliphatic heterocycles. The Morgan fingerprint density at radius 2 is 1.63 bits per heavy atom. The topological polar surface area (TPSA) is 51.9 Å². The van der Waals surface area contributed by atoms with Gasteiger partial charge in [-0.15, -0.1) is 0 Å². The minimum atomic E-state index is 0.708. The minimum absolute atomic E-state index is 0.708. The molecule has 5 rings (SSSR count). The molecule has 0 radical (unpaired) electrons. The van der Waals surface area contributed by atoms with E-state index < -0.39 is 0 Å². The number of nitrogens with zero attached hydrogens (tertiary/aromatic N) is 4. The summed E-state index contributed by atoms with van der Waals surface area (Å²) in [7, 11) is 0. The normalized spacial score (nSPS) is 15.5. The van der Waals surface area contributed by atoms with Crippen molar-refractivity contribution in [2.24, 2.45) is 4.99 Å². The fourth-order valence-corrected chi connectivity index (χ4v) is 4.02. The summed E-state index contributed by atoms with van der Waals surface area (Å²) in [6.45, 7) is 4.79. The third-order valence-corrected chi connectivity index (χ3v) is 5.66. The molecule has 148 valence electrons. The maximum Gasteiger partial charge on any atom is 0.153 e. The molecule has 0 aromatic heterocycles. The molecule has 0 aliphatic carbocycles. The molecule has 1 fully saturated rings. The van der Waals surface area contributed by atoms with Crippen LogP contribution in [0, 0.1) is 11.3 Å². The number of benzene rings is 3. The summed E-state index contributed by atoms with van der Waals surface area (Å²) in [4.78, 5) is 9.53. The Morgan fingerprint density at radius 3 is 2.43 bits per heavy atom. The molecule has 5 heteroatoms. The van der Waals surface area contributed by atoms with Gasteiger partial charge in [0.05, 0.1) is 17.2 Å². The Bertz CT molecular complexity index is 1120. The lowest BCUT2D eigenvalue weighted by molar-refractivity contribution is 0.250. The molecule has 3 aromatic carbocycles. The molecule has 0 saturated carbocycles. The highest BCUT2D eigenvalue weighted by Crippen LogP contribution is 2.38. The van der Waals surface area contributed by atoms with Crippen molar-refractivity contribution in [2.75, 3.05) is 31.1 Å². The van der Waals surface area contributed by atoms with E-state index in [-0.39, 0.29) is 0 Å². The number of para-hydroxylation sites is 2. The Labute approximate surface area is 176 Å². The second kappa shape index (κ2) is 8.02. The molecule has 30 heavy (non-hydrogen) atoms. The molecule has 1 saturated heterocycles. The fourth-order valence-electron chi connectivity index (χ4n) is 4.02. The molecule has 2 heterocycles. The summed E-state index contributed by atoms with van der Waals surface area (Å²) in [5.41, 5.74) is 5.01. The Morgan fingerprint density at radius 1 is 0.867 bits per heavy atom. The van der Waals surface area contributed by atoms with Crippen LogP contribution < -0.4 is 9.64 Å².